The molecule has 2 aromatic carbocycles. The van der Waals surface area contributed by atoms with E-state index in [-0.39, 0.29) is 11.8 Å². The van der Waals surface area contributed by atoms with E-state index in [4.69, 9.17) is 0 Å². The summed E-state index contributed by atoms with van der Waals surface area (Å²) in [4.78, 5) is 14.8. The first-order valence-corrected chi connectivity index (χ1v) is 7.37. The van der Waals surface area contributed by atoms with Crippen LogP contribution in [0.1, 0.15) is 23.5 Å². The molecule has 0 aliphatic carbocycles. The molecule has 0 radical (unpaired) electrons. The van der Waals surface area contributed by atoms with Gasteiger partial charge in [-0.1, -0.05) is 72.8 Å². The van der Waals surface area contributed by atoms with Crippen LogP contribution in [-0.2, 0) is 11.3 Å². The number of carbonyl (C=O) groups excluding carboxylic acids is 1. The lowest BCUT2D eigenvalue weighted by atomic mass is 9.94. The van der Waals surface area contributed by atoms with Crippen LogP contribution in [0.5, 0.6) is 0 Å². The Bertz CT molecular complexity index is 619. The van der Waals surface area contributed by atoms with E-state index in [1.54, 1.807) is 0 Å². The number of allylic oxidation sites excluding steroid dienone is 1. The molecule has 3 rings (SSSR count). The van der Waals surface area contributed by atoms with Gasteiger partial charge in [-0.3, -0.25) is 4.79 Å². The van der Waals surface area contributed by atoms with Crippen molar-refractivity contribution >= 4 is 5.91 Å². The summed E-state index contributed by atoms with van der Waals surface area (Å²) in [7, 11) is 0. The molecule has 21 heavy (non-hydrogen) atoms. The van der Waals surface area contributed by atoms with Gasteiger partial charge in [-0.15, -0.1) is 0 Å². The van der Waals surface area contributed by atoms with Crippen LogP contribution in [0.2, 0.25) is 0 Å². The molecule has 0 saturated carbocycles. The fraction of sp³-hybridized carbons (Fsp3) is 0.211. The molecule has 0 aromatic heterocycles. The van der Waals surface area contributed by atoms with Gasteiger partial charge >= 0.3 is 0 Å². The van der Waals surface area contributed by atoms with Gasteiger partial charge < -0.3 is 4.90 Å². The van der Waals surface area contributed by atoms with Crippen molar-refractivity contribution in [2.45, 2.75) is 18.9 Å². The van der Waals surface area contributed by atoms with Gasteiger partial charge in [0.25, 0.3) is 0 Å². The number of rotatable bonds is 3. The van der Waals surface area contributed by atoms with E-state index in [0.29, 0.717) is 13.1 Å². The Kier molecular flexibility index (Phi) is 4.15. The zero-order valence-corrected chi connectivity index (χ0v) is 12.0. The molecule has 0 saturated heterocycles. The number of benzene rings is 2. The third kappa shape index (κ3) is 3.22. The second kappa shape index (κ2) is 6.40. The molecule has 0 bridgehead atoms. The third-order valence-corrected chi connectivity index (χ3v) is 3.89. The first kappa shape index (κ1) is 13.6. The van der Waals surface area contributed by atoms with E-state index in [2.05, 4.69) is 24.3 Å². The lowest BCUT2D eigenvalue weighted by Gasteiger charge is -2.24. The Morgan fingerprint density at radius 2 is 1.57 bits per heavy atom. The van der Waals surface area contributed by atoms with Crippen molar-refractivity contribution in [1.82, 2.24) is 4.90 Å². The monoisotopic (exact) mass is 277 g/mol. The highest BCUT2D eigenvalue weighted by atomic mass is 16.2. The standard InChI is InChI=1S/C19H19NO/c21-19-18(17-11-5-2-6-12-17)13-7-8-14-20(19)15-16-9-3-1-4-10-16/h1-12,18H,13-15H2. The van der Waals surface area contributed by atoms with Crippen LogP contribution in [0.4, 0.5) is 0 Å². The molecule has 106 valence electrons. The minimum absolute atomic E-state index is 0.0614. The second-order valence-corrected chi connectivity index (χ2v) is 5.37. The van der Waals surface area contributed by atoms with E-state index in [0.717, 1.165) is 12.0 Å². The minimum atomic E-state index is -0.0614. The Balaban J connectivity index is 1.82. The fourth-order valence-electron chi connectivity index (χ4n) is 2.76. The van der Waals surface area contributed by atoms with Crippen molar-refractivity contribution in [2.75, 3.05) is 6.54 Å². The van der Waals surface area contributed by atoms with Gasteiger partial charge in [0.05, 0.1) is 5.92 Å². The van der Waals surface area contributed by atoms with Crippen LogP contribution in [0.15, 0.2) is 72.8 Å². The van der Waals surface area contributed by atoms with Gasteiger partial charge in [0, 0.05) is 13.1 Å². The van der Waals surface area contributed by atoms with Gasteiger partial charge in [-0.05, 0) is 17.5 Å². The van der Waals surface area contributed by atoms with Gasteiger partial charge in [0.15, 0.2) is 0 Å². The van der Waals surface area contributed by atoms with Crippen molar-refractivity contribution in [3.05, 3.63) is 83.9 Å². The summed E-state index contributed by atoms with van der Waals surface area (Å²) in [5, 5.41) is 0. The maximum atomic E-state index is 12.8. The summed E-state index contributed by atoms with van der Waals surface area (Å²) in [5.74, 6) is 0.156. The van der Waals surface area contributed by atoms with Gasteiger partial charge in [-0.2, -0.15) is 0 Å². The van der Waals surface area contributed by atoms with E-state index < -0.39 is 0 Å². The zero-order chi connectivity index (χ0) is 14.5. The summed E-state index contributed by atoms with van der Waals surface area (Å²) in [6, 6.07) is 20.2. The highest BCUT2D eigenvalue weighted by Crippen LogP contribution is 2.25. The molecular formula is C19H19NO. The highest BCUT2D eigenvalue weighted by molar-refractivity contribution is 5.84. The van der Waals surface area contributed by atoms with Crippen LogP contribution >= 0.6 is 0 Å². The number of nitrogens with zero attached hydrogens (tertiary/aromatic N) is 1. The van der Waals surface area contributed by atoms with Crippen molar-refractivity contribution in [3.8, 4) is 0 Å². The summed E-state index contributed by atoms with van der Waals surface area (Å²) in [6.45, 7) is 1.37. The molecule has 0 spiro atoms. The molecule has 0 N–H and O–H groups in total. The number of carbonyl (C=O) groups is 1. The number of hydrogen-bond donors (Lipinski definition) is 0. The Hall–Kier alpha value is -2.35. The normalized spacial score (nSPS) is 18.6. The van der Waals surface area contributed by atoms with Crippen molar-refractivity contribution in [2.24, 2.45) is 0 Å². The van der Waals surface area contributed by atoms with Crippen LogP contribution < -0.4 is 0 Å². The van der Waals surface area contributed by atoms with Gasteiger partial charge in [0.1, 0.15) is 0 Å². The van der Waals surface area contributed by atoms with E-state index in [9.17, 15) is 4.79 Å². The molecule has 2 heteroatoms. The molecular weight excluding hydrogens is 258 g/mol. The molecule has 1 amide bonds. The molecule has 1 heterocycles. The van der Waals surface area contributed by atoms with Gasteiger partial charge in [0.2, 0.25) is 5.91 Å². The predicted octanol–water partition coefficient (Wildman–Crippen LogP) is 3.76. The molecule has 2 nitrogen and oxygen atoms in total. The van der Waals surface area contributed by atoms with Crippen LogP contribution in [0.25, 0.3) is 0 Å². The predicted molar refractivity (Wildman–Crippen MR) is 84.8 cm³/mol. The Morgan fingerprint density at radius 1 is 0.905 bits per heavy atom. The van der Waals surface area contributed by atoms with Crippen LogP contribution in [-0.4, -0.2) is 17.4 Å². The number of hydrogen-bond acceptors (Lipinski definition) is 1. The second-order valence-electron chi connectivity index (χ2n) is 5.37. The Labute approximate surface area is 125 Å². The maximum absolute atomic E-state index is 12.8. The molecule has 1 aliphatic heterocycles. The lowest BCUT2D eigenvalue weighted by molar-refractivity contribution is -0.132. The average molecular weight is 277 g/mol. The topological polar surface area (TPSA) is 20.3 Å². The van der Waals surface area contributed by atoms with Crippen molar-refractivity contribution in [3.63, 3.8) is 0 Å². The molecule has 1 aliphatic rings. The quantitative estimate of drug-likeness (QED) is 0.782. The zero-order valence-electron chi connectivity index (χ0n) is 12.0. The van der Waals surface area contributed by atoms with E-state index in [1.807, 2.05) is 53.4 Å². The average Bonchev–Trinajstić information content (AvgIpc) is 2.72. The molecule has 2 aromatic rings. The van der Waals surface area contributed by atoms with E-state index >= 15 is 0 Å². The summed E-state index contributed by atoms with van der Waals surface area (Å²) in [6.07, 6.45) is 5.01. The summed E-state index contributed by atoms with van der Waals surface area (Å²) in [5.41, 5.74) is 2.28. The van der Waals surface area contributed by atoms with Crippen LogP contribution in [0.3, 0.4) is 0 Å². The highest BCUT2D eigenvalue weighted by Gasteiger charge is 2.26. The van der Waals surface area contributed by atoms with Gasteiger partial charge in [-0.25, -0.2) is 0 Å². The van der Waals surface area contributed by atoms with Crippen molar-refractivity contribution in [1.29, 1.82) is 0 Å². The fourth-order valence-corrected chi connectivity index (χ4v) is 2.76. The van der Waals surface area contributed by atoms with Crippen LogP contribution in [0, 0.1) is 0 Å². The first-order valence-electron chi connectivity index (χ1n) is 7.37. The van der Waals surface area contributed by atoms with E-state index in [1.165, 1.54) is 5.56 Å². The molecule has 1 atom stereocenters. The summed E-state index contributed by atoms with van der Waals surface area (Å²) >= 11 is 0. The maximum Gasteiger partial charge on any atom is 0.231 e. The molecule has 1 unspecified atom stereocenters. The SMILES string of the molecule is O=C1C(c2ccccc2)CC=CCN1Cc1ccccc1. The van der Waals surface area contributed by atoms with Crippen molar-refractivity contribution < 1.29 is 4.79 Å². The smallest absolute Gasteiger partial charge is 0.231 e. The third-order valence-electron chi connectivity index (χ3n) is 3.89. The number of amides is 1. The first-order chi connectivity index (χ1) is 10.3. The Morgan fingerprint density at radius 3 is 2.29 bits per heavy atom. The minimum Gasteiger partial charge on any atom is -0.334 e. The largest absolute Gasteiger partial charge is 0.334 e. The summed E-state index contributed by atoms with van der Waals surface area (Å²) < 4.78 is 0. The molecule has 0 fully saturated rings. The lowest BCUT2D eigenvalue weighted by Crippen LogP contribution is -2.33.